The van der Waals surface area contributed by atoms with Crippen LogP contribution >= 0.6 is 0 Å². The Morgan fingerprint density at radius 2 is 0.919 bits per heavy atom. The number of aldehydes is 1. The van der Waals surface area contributed by atoms with Gasteiger partial charge in [-0.2, -0.15) is 0 Å². The Morgan fingerprint density at radius 3 is 1.35 bits per heavy atom. The summed E-state index contributed by atoms with van der Waals surface area (Å²) in [4.78, 5) is 73.8. The van der Waals surface area contributed by atoms with Crippen molar-refractivity contribution in [3.8, 4) is 0 Å². The molecular formula is C26H42O11. The van der Waals surface area contributed by atoms with Crippen molar-refractivity contribution in [2.24, 2.45) is 0 Å². The predicted octanol–water partition coefficient (Wildman–Crippen LogP) is 3.38. The van der Waals surface area contributed by atoms with E-state index in [0.29, 0.717) is 32.1 Å². The third-order valence-electron chi connectivity index (χ3n) is 4.91. The molecular weight excluding hydrogens is 488 g/mol. The first-order valence-corrected chi connectivity index (χ1v) is 13.1. The summed E-state index contributed by atoms with van der Waals surface area (Å²) in [6, 6.07) is 0. The topological polar surface area (TPSA) is 149 Å². The number of carbonyl (C=O) groups is 6. The monoisotopic (exact) mass is 530 g/mol. The summed E-state index contributed by atoms with van der Waals surface area (Å²) < 4.78 is 27.0. The molecule has 11 nitrogen and oxygen atoms in total. The van der Waals surface area contributed by atoms with Crippen molar-refractivity contribution >= 4 is 36.1 Å². The van der Waals surface area contributed by atoms with Crippen LogP contribution in [0.25, 0.3) is 0 Å². The van der Waals surface area contributed by atoms with E-state index in [1.165, 1.54) is 0 Å². The average molecular weight is 531 g/mol. The van der Waals surface area contributed by atoms with Crippen LogP contribution in [0.4, 0.5) is 0 Å². The van der Waals surface area contributed by atoms with E-state index >= 15 is 0 Å². The van der Waals surface area contributed by atoms with Crippen molar-refractivity contribution in [2.45, 2.75) is 123 Å². The van der Waals surface area contributed by atoms with Gasteiger partial charge in [-0.1, -0.05) is 34.6 Å². The maximum absolute atomic E-state index is 12.6. The van der Waals surface area contributed by atoms with E-state index in [-0.39, 0.29) is 38.4 Å². The lowest BCUT2D eigenvalue weighted by Crippen LogP contribution is -2.54. The molecule has 0 aliphatic carbocycles. The van der Waals surface area contributed by atoms with Crippen LogP contribution in [0.5, 0.6) is 0 Å². The molecule has 0 spiro atoms. The zero-order valence-electron chi connectivity index (χ0n) is 22.7. The van der Waals surface area contributed by atoms with Gasteiger partial charge in [0.05, 0.1) is 0 Å². The molecule has 4 unspecified atom stereocenters. The molecule has 212 valence electrons. The highest BCUT2D eigenvalue weighted by molar-refractivity contribution is 5.75. The van der Waals surface area contributed by atoms with Crippen molar-refractivity contribution in [1.29, 1.82) is 0 Å². The van der Waals surface area contributed by atoms with Gasteiger partial charge >= 0.3 is 29.8 Å². The molecule has 0 saturated carbocycles. The zero-order chi connectivity index (χ0) is 28.2. The van der Waals surface area contributed by atoms with Gasteiger partial charge in [-0.15, -0.1) is 0 Å². The molecule has 0 saturated heterocycles. The van der Waals surface area contributed by atoms with E-state index in [0.717, 1.165) is 0 Å². The van der Waals surface area contributed by atoms with Crippen LogP contribution in [0, 0.1) is 0 Å². The highest BCUT2D eigenvalue weighted by atomic mass is 16.6. The van der Waals surface area contributed by atoms with Crippen molar-refractivity contribution in [3.05, 3.63) is 0 Å². The fourth-order valence-corrected chi connectivity index (χ4v) is 3.17. The summed E-state index contributed by atoms with van der Waals surface area (Å²) in [6.45, 7) is 8.20. The fourth-order valence-electron chi connectivity index (χ4n) is 3.17. The highest BCUT2D eigenvalue weighted by Gasteiger charge is 2.44. The molecule has 0 rings (SSSR count). The van der Waals surface area contributed by atoms with Crippen LogP contribution in [0.15, 0.2) is 0 Å². The summed E-state index contributed by atoms with van der Waals surface area (Å²) in [6.07, 6.45) is -3.85. The molecule has 37 heavy (non-hydrogen) atoms. The molecule has 0 aliphatic rings. The number of rotatable bonds is 20. The lowest BCUT2D eigenvalue weighted by atomic mass is 10.0. The number of ether oxygens (including phenoxy) is 5. The smallest absolute Gasteiger partial charge is 0.306 e. The molecule has 0 aromatic heterocycles. The molecule has 0 aromatic carbocycles. The third kappa shape index (κ3) is 14.4. The van der Waals surface area contributed by atoms with Crippen molar-refractivity contribution < 1.29 is 52.5 Å². The van der Waals surface area contributed by atoms with Crippen LogP contribution < -0.4 is 0 Å². The quantitative estimate of drug-likeness (QED) is 0.129. The van der Waals surface area contributed by atoms with E-state index in [1.807, 2.05) is 0 Å². The van der Waals surface area contributed by atoms with Gasteiger partial charge in [0.25, 0.3) is 0 Å². The summed E-state index contributed by atoms with van der Waals surface area (Å²) in [5.41, 5.74) is 0. The maximum Gasteiger partial charge on any atom is 0.306 e. The first-order chi connectivity index (χ1) is 17.7. The minimum absolute atomic E-state index is 0.0101. The Morgan fingerprint density at radius 1 is 0.541 bits per heavy atom. The minimum atomic E-state index is -1.67. The second kappa shape index (κ2) is 20.1. The zero-order valence-corrected chi connectivity index (χ0v) is 22.7. The number of hydrogen-bond acceptors (Lipinski definition) is 11. The van der Waals surface area contributed by atoms with Crippen LogP contribution in [0.1, 0.15) is 98.8 Å². The van der Waals surface area contributed by atoms with Gasteiger partial charge in [-0.05, 0) is 32.1 Å². The normalized spacial score (nSPS) is 13.9. The molecule has 0 bridgehead atoms. The van der Waals surface area contributed by atoms with Crippen LogP contribution in [-0.4, -0.2) is 67.2 Å². The lowest BCUT2D eigenvalue weighted by molar-refractivity contribution is -0.204. The predicted molar refractivity (Wildman–Crippen MR) is 131 cm³/mol. The number of esters is 5. The Hall–Kier alpha value is -2.98. The molecule has 0 aliphatic heterocycles. The highest BCUT2D eigenvalue weighted by Crippen LogP contribution is 2.21. The molecule has 0 radical (unpaired) electrons. The largest absolute Gasteiger partial charge is 0.462 e. The SMILES string of the molecule is CCCC(=O)OCC(OC(=O)CCC)C(OC(=O)CCC)C(OC(=O)CCC)C(C=O)OC(=O)CCC. The molecule has 0 aromatic rings. The number of hydrogen-bond donors (Lipinski definition) is 0. The van der Waals surface area contributed by atoms with Crippen LogP contribution in [0.2, 0.25) is 0 Å². The van der Waals surface area contributed by atoms with E-state index in [1.54, 1.807) is 34.6 Å². The van der Waals surface area contributed by atoms with Gasteiger partial charge in [-0.3, -0.25) is 28.8 Å². The molecule has 0 amide bonds. The summed E-state index contributed by atoms with van der Waals surface area (Å²) in [7, 11) is 0. The third-order valence-corrected chi connectivity index (χ3v) is 4.91. The van der Waals surface area contributed by atoms with Gasteiger partial charge in [-0.25, -0.2) is 0 Å². The summed E-state index contributed by atoms with van der Waals surface area (Å²) >= 11 is 0. The second-order valence-electron chi connectivity index (χ2n) is 8.46. The molecule has 4 atom stereocenters. The van der Waals surface area contributed by atoms with Gasteiger partial charge in [0, 0.05) is 32.1 Å². The first kappa shape index (κ1) is 34.0. The standard InChI is InChI=1S/C26H42O11/c1-6-11-20(28)33-17-19(35-22(30)13-8-3)26(37-24(32)15-10-5)25(36-23(31)14-9-4)18(16-27)34-21(29)12-7-2/h16,18-19,25-26H,6-15,17H2,1-5H3. The summed E-state index contributed by atoms with van der Waals surface area (Å²) in [5, 5.41) is 0. The van der Waals surface area contributed by atoms with Gasteiger partial charge in [0.1, 0.15) is 6.61 Å². The van der Waals surface area contributed by atoms with E-state index in [4.69, 9.17) is 23.7 Å². The van der Waals surface area contributed by atoms with Gasteiger partial charge in [0.2, 0.25) is 0 Å². The summed E-state index contributed by atoms with van der Waals surface area (Å²) in [5.74, 6) is -3.48. The van der Waals surface area contributed by atoms with Crippen molar-refractivity contribution in [1.82, 2.24) is 0 Å². The second-order valence-corrected chi connectivity index (χ2v) is 8.46. The minimum Gasteiger partial charge on any atom is -0.462 e. The van der Waals surface area contributed by atoms with Crippen molar-refractivity contribution in [2.75, 3.05) is 6.61 Å². The Bertz CT molecular complexity index is 734. The van der Waals surface area contributed by atoms with Crippen LogP contribution in [-0.2, 0) is 52.5 Å². The Labute approximate surface area is 218 Å². The van der Waals surface area contributed by atoms with Gasteiger partial charge in [0.15, 0.2) is 30.7 Å². The Balaban J connectivity index is 6.50. The van der Waals surface area contributed by atoms with Crippen molar-refractivity contribution in [3.63, 3.8) is 0 Å². The molecule has 0 heterocycles. The fraction of sp³-hybridized carbons (Fsp3) is 0.769. The van der Waals surface area contributed by atoms with Gasteiger partial charge < -0.3 is 23.7 Å². The molecule has 0 fully saturated rings. The van der Waals surface area contributed by atoms with Crippen LogP contribution in [0.3, 0.4) is 0 Å². The van der Waals surface area contributed by atoms with E-state index in [2.05, 4.69) is 0 Å². The lowest BCUT2D eigenvalue weighted by Gasteiger charge is -2.34. The molecule has 0 N–H and O–H groups in total. The first-order valence-electron chi connectivity index (χ1n) is 13.1. The Kier molecular flexibility index (Phi) is 18.5. The maximum atomic E-state index is 12.6. The van der Waals surface area contributed by atoms with E-state index in [9.17, 15) is 28.8 Å². The average Bonchev–Trinajstić information content (AvgIpc) is 2.83. The molecule has 11 heteroatoms. The number of carbonyl (C=O) groups excluding carboxylic acids is 6. The van der Waals surface area contributed by atoms with E-state index < -0.39 is 60.9 Å².